The molecule has 1 aromatic carbocycles. The summed E-state index contributed by atoms with van der Waals surface area (Å²) in [5.41, 5.74) is -2.37. The second kappa shape index (κ2) is 12.3. The van der Waals surface area contributed by atoms with Gasteiger partial charge in [-0.1, -0.05) is 18.2 Å². The molecule has 3 aromatic rings. The van der Waals surface area contributed by atoms with Crippen LogP contribution >= 0.6 is 0 Å². The van der Waals surface area contributed by atoms with Crippen molar-refractivity contribution in [2.45, 2.75) is 56.9 Å². The van der Waals surface area contributed by atoms with Gasteiger partial charge in [0.2, 0.25) is 11.5 Å². The normalized spacial score (nSPS) is 16.8. The highest BCUT2D eigenvalue weighted by Crippen LogP contribution is 2.35. The van der Waals surface area contributed by atoms with E-state index < -0.39 is 46.6 Å². The number of hydrogen-bond donors (Lipinski definition) is 1. The monoisotopic (exact) mass is 609 g/mol. The Labute approximate surface area is 243 Å². The fraction of sp³-hybridized carbons (Fsp3) is 0.448. The third-order valence-corrected chi connectivity index (χ3v) is 7.57. The lowest BCUT2D eigenvalue weighted by Gasteiger charge is -2.33. The van der Waals surface area contributed by atoms with Crippen LogP contribution in [0.5, 0.6) is 0 Å². The molecule has 0 aliphatic carbocycles. The predicted molar refractivity (Wildman–Crippen MR) is 144 cm³/mol. The second-order valence-electron chi connectivity index (χ2n) is 10.6. The summed E-state index contributed by atoms with van der Waals surface area (Å²) in [5, 5.41) is 2.68. The number of anilines is 2. The summed E-state index contributed by atoms with van der Waals surface area (Å²) in [4.78, 5) is 37.0. The quantitative estimate of drug-likeness (QED) is 0.263. The molecule has 0 bridgehead atoms. The van der Waals surface area contributed by atoms with Crippen LogP contribution in [0.1, 0.15) is 69.8 Å². The summed E-state index contributed by atoms with van der Waals surface area (Å²) >= 11 is 0. The van der Waals surface area contributed by atoms with Gasteiger partial charge in [0.25, 0.3) is 11.9 Å². The lowest BCUT2D eigenvalue weighted by Crippen LogP contribution is -2.45. The maximum Gasteiger partial charge on any atom is 0.437 e. The highest BCUT2D eigenvalue weighted by molar-refractivity contribution is 5.96. The van der Waals surface area contributed by atoms with Crippen LogP contribution in [0.25, 0.3) is 0 Å². The van der Waals surface area contributed by atoms with E-state index in [9.17, 15) is 35.9 Å². The van der Waals surface area contributed by atoms with Gasteiger partial charge in [0.1, 0.15) is 5.82 Å². The number of hydrogen-bond acceptors (Lipinski definition) is 7. The van der Waals surface area contributed by atoms with Crippen molar-refractivity contribution in [3.63, 3.8) is 0 Å². The lowest BCUT2D eigenvalue weighted by atomic mass is 10.0. The summed E-state index contributed by atoms with van der Waals surface area (Å²) in [6, 6.07) is 7.32. The van der Waals surface area contributed by atoms with Crippen LogP contribution < -0.4 is 15.1 Å². The van der Waals surface area contributed by atoms with E-state index in [4.69, 9.17) is 4.42 Å². The number of halogens is 6. The van der Waals surface area contributed by atoms with E-state index in [1.54, 1.807) is 17.0 Å². The summed E-state index contributed by atoms with van der Waals surface area (Å²) in [5.74, 6) is -1.91. The Bertz CT molecular complexity index is 1440. The number of rotatable bonds is 7. The number of amides is 1. The van der Waals surface area contributed by atoms with E-state index in [0.717, 1.165) is 31.4 Å². The Kier molecular flexibility index (Phi) is 8.65. The van der Waals surface area contributed by atoms with Crippen LogP contribution in [0.4, 0.5) is 38.2 Å². The van der Waals surface area contributed by atoms with E-state index in [0.29, 0.717) is 50.4 Å². The van der Waals surface area contributed by atoms with Crippen molar-refractivity contribution in [2.75, 3.05) is 36.0 Å². The molecule has 4 heterocycles. The molecule has 0 atom stereocenters. The largest absolute Gasteiger partial charge is 0.437 e. The Hall–Kier alpha value is -4.10. The number of nitrogens with one attached hydrogen (secondary N) is 1. The van der Waals surface area contributed by atoms with Crippen molar-refractivity contribution in [2.24, 2.45) is 0 Å². The van der Waals surface area contributed by atoms with Gasteiger partial charge in [0.15, 0.2) is 5.69 Å². The molecule has 43 heavy (non-hydrogen) atoms. The number of aromatic nitrogens is 2. The maximum absolute atomic E-state index is 13.7. The van der Waals surface area contributed by atoms with Gasteiger partial charge < -0.3 is 19.5 Å². The number of pyridine rings is 1. The first-order chi connectivity index (χ1) is 20.4. The molecule has 0 spiro atoms. The minimum Gasteiger partial charge on any atom is -0.420 e. The zero-order chi connectivity index (χ0) is 30.8. The molecule has 2 aromatic heterocycles. The molecule has 230 valence electrons. The van der Waals surface area contributed by atoms with Crippen molar-refractivity contribution in [1.82, 2.24) is 15.3 Å². The molecular formula is C29H29F6N5O3. The third-order valence-electron chi connectivity index (χ3n) is 7.57. The molecule has 2 saturated heterocycles. The standard InChI is InChI=1S/C29H29F6N5O3/c30-28(31,32)21-7-3-2-6-20(21)26(42)37-19-10-14-39(15-11-19)23-9-8-18(17-36-23)16-22(41)24-25(29(33,34)35)38-27(43-24)40-12-4-1-5-13-40/h2-3,6-9,17,19H,1,4-5,10-16H2,(H,37,42). The maximum atomic E-state index is 13.7. The Morgan fingerprint density at radius 1 is 0.884 bits per heavy atom. The number of carbonyl (C=O) groups is 2. The SMILES string of the molecule is O=C(NC1CCN(c2ccc(CC(=O)c3oc(N4CCCCC4)nc3C(F)(F)F)cn2)CC1)c1ccccc1C(F)(F)F. The van der Waals surface area contributed by atoms with Crippen LogP contribution in [0.2, 0.25) is 0 Å². The van der Waals surface area contributed by atoms with Crippen molar-refractivity contribution in [1.29, 1.82) is 0 Å². The molecule has 0 saturated carbocycles. The summed E-state index contributed by atoms with van der Waals surface area (Å²) < 4.78 is 86.2. The molecule has 14 heteroatoms. The molecule has 0 radical (unpaired) electrons. The zero-order valence-electron chi connectivity index (χ0n) is 23.0. The van der Waals surface area contributed by atoms with E-state index in [1.807, 2.05) is 4.90 Å². The number of benzene rings is 1. The van der Waals surface area contributed by atoms with E-state index >= 15 is 0 Å². The Balaban J connectivity index is 1.18. The first-order valence-electron chi connectivity index (χ1n) is 13.9. The first kappa shape index (κ1) is 30.4. The summed E-state index contributed by atoms with van der Waals surface area (Å²) in [7, 11) is 0. The second-order valence-corrected chi connectivity index (χ2v) is 10.6. The van der Waals surface area contributed by atoms with Crippen LogP contribution in [0.3, 0.4) is 0 Å². The number of alkyl halides is 6. The van der Waals surface area contributed by atoms with Crippen LogP contribution in [-0.2, 0) is 18.8 Å². The number of oxazole rings is 1. The molecule has 2 aliphatic rings. The molecular weight excluding hydrogens is 580 g/mol. The topological polar surface area (TPSA) is 91.6 Å². The molecule has 1 N–H and O–H groups in total. The minimum atomic E-state index is -4.85. The van der Waals surface area contributed by atoms with Gasteiger partial charge in [-0.2, -0.15) is 31.3 Å². The van der Waals surface area contributed by atoms with Gasteiger partial charge in [0.05, 0.1) is 11.1 Å². The molecule has 2 aliphatic heterocycles. The molecule has 0 unspecified atom stereocenters. The fourth-order valence-electron chi connectivity index (χ4n) is 5.33. The Morgan fingerprint density at radius 2 is 1.58 bits per heavy atom. The van der Waals surface area contributed by atoms with Crippen LogP contribution in [0.15, 0.2) is 47.0 Å². The lowest BCUT2D eigenvalue weighted by molar-refractivity contribution is -0.141. The summed E-state index contributed by atoms with van der Waals surface area (Å²) in [6.07, 6.45) is -4.96. The number of carbonyl (C=O) groups excluding carboxylic acids is 2. The van der Waals surface area contributed by atoms with Crippen LogP contribution in [-0.4, -0.2) is 53.9 Å². The average Bonchev–Trinajstić information content (AvgIpc) is 3.45. The zero-order valence-corrected chi connectivity index (χ0v) is 23.0. The van der Waals surface area contributed by atoms with E-state index in [-0.39, 0.29) is 18.5 Å². The number of ketones is 1. The van der Waals surface area contributed by atoms with Crippen molar-refractivity contribution in [3.8, 4) is 0 Å². The fourth-order valence-corrected chi connectivity index (χ4v) is 5.33. The van der Waals surface area contributed by atoms with Crippen molar-refractivity contribution >= 4 is 23.5 Å². The minimum absolute atomic E-state index is 0.201. The van der Waals surface area contributed by atoms with Gasteiger partial charge in [-0.25, -0.2) is 4.98 Å². The first-order valence-corrected chi connectivity index (χ1v) is 13.9. The van der Waals surface area contributed by atoms with Gasteiger partial charge in [-0.15, -0.1) is 0 Å². The smallest absolute Gasteiger partial charge is 0.420 e. The average molecular weight is 610 g/mol. The van der Waals surface area contributed by atoms with Crippen molar-refractivity contribution in [3.05, 3.63) is 70.7 Å². The third kappa shape index (κ3) is 7.11. The van der Waals surface area contributed by atoms with Crippen molar-refractivity contribution < 1.29 is 40.3 Å². The number of piperidine rings is 2. The summed E-state index contributed by atoms with van der Waals surface area (Å²) in [6.45, 7) is 1.94. The van der Waals surface area contributed by atoms with E-state index in [1.165, 1.54) is 18.3 Å². The number of Topliss-reactive ketones (excluding diaryl/α,β-unsaturated/α-hetero) is 1. The van der Waals surface area contributed by atoms with Crippen LogP contribution in [0, 0.1) is 0 Å². The molecule has 5 rings (SSSR count). The molecule has 1 amide bonds. The Morgan fingerprint density at radius 3 is 2.21 bits per heavy atom. The highest BCUT2D eigenvalue weighted by atomic mass is 19.4. The number of nitrogens with zero attached hydrogens (tertiary/aromatic N) is 4. The highest BCUT2D eigenvalue weighted by Gasteiger charge is 2.42. The molecule has 8 nitrogen and oxygen atoms in total. The van der Waals surface area contributed by atoms with Gasteiger partial charge in [0, 0.05) is 44.8 Å². The van der Waals surface area contributed by atoms with Gasteiger partial charge >= 0.3 is 12.4 Å². The van der Waals surface area contributed by atoms with Gasteiger partial charge in [-0.3, -0.25) is 9.59 Å². The van der Waals surface area contributed by atoms with Gasteiger partial charge in [-0.05, 0) is 55.9 Å². The van der Waals surface area contributed by atoms with E-state index in [2.05, 4.69) is 15.3 Å². The predicted octanol–water partition coefficient (Wildman–Crippen LogP) is 5.92. The molecule has 2 fully saturated rings.